The number of hydrogen-bond donors (Lipinski definition) is 1. The van der Waals surface area contributed by atoms with Crippen molar-refractivity contribution in [2.24, 2.45) is 0 Å². The summed E-state index contributed by atoms with van der Waals surface area (Å²) >= 11 is 0. The molecule has 0 atom stereocenters. The van der Waals surface area contributed by atoms with E-state index in [4.69, 9.17) is 10.2 Å². The van der Waals surface area contributed by atoms with Crippen LogP contribution in [0.3, 0.4) is 0 Å². The summed E-state index contributed by atoms with van der Waals surface area (Å²) < 4.78 is 5.69. The van der Waals surface area contributed by atoms with Crippen LogP contribution in [0.4, 0.5) is 5.69 Å². The first kappa shape index (κ1) is 16.8. The van der Waals surface area contributed by atoms with Crippen LogP contribution in [-0.2, 0) is 17.1 Å². The molecule has 3 aromatic carbocycles. The summed E-state index contributed by atoms with van der Waals surface area (Å²) in [6.07, 6.45) is 0. The van der Waals surface area contributed by atoms with Gasteiger partial charge in [-0.1, -0.05) is 5.56 Å². The van der Waals surface area contributed by atoms with Crippen molar-refractivity contribution in [1.29, 1.82) is 0 Å². The number of rotatable bonds is 1. The predicted octanol–water partition coefficient (Wildman–Crippen LogP) is 4.16. The van der Waals surface area contributed by atoms with E-state index in [2.05, 4.69) is 0 Å². The standard InChI is InChI=1S/C14H10NO2.C5H5.Fe/c15-10-5-6-11-12(16)8-13(17-14(11)7-10)9-3-1-2-4-9;1-2-4-5-3-1;/h1-8H,15H2;1-5H;/q-1;-5;. The first-order chi connectivity index (χ1) is 10.7. The Morgan fingerprint density at radius 2 is 1.57 bits per heavy atom. The van der Waals surface area contributed by atoms with Crippen molar-refractivity contribution in [1.82, 2.24) is 0 Å². The van der Waals surface area contributed by atoms with Gasteiger partial charge in [0.05, 0.1) is 11.1 Å². The number of hydrogen-bond acceptors (Lipinski definition) is 3. The number of anilines is 1. The van der Waals surface area contributed by atoms with Gasteiger partial charge in [-0.15, -0.1) is 12.1 Å². The second-order valence-electron chi connectivity index (χ2n) is 4.87. The van der Waals surface area contributed by atoms with E-state index >= 15 is 0 Å². The minimum atomic E-state index is -0.0533. The summed E-state index contributed by atoms with van der Waals surface area (Å²) in [7, 11) is 0. The number of nitrogen functional groups attached to an aromatic ring is 1. The Balaban J connectivity index is 0.000000276. The van der Waals surface area contributed by atoms with Gasteiger partial charge in [-0.05, 0) is 18.2 Å². The molecule has 1 heterocycles. The molecule has 0 aliphatic rings. The SMILES string of the molecule is Nc1ccc2c(=O)cc(-[c-]3cccc3)oc2c1.[Fe].[cH-]1[cH-][cH-][cH-][cH-]1. The maximum atomic E-state index is 11.9. The van der Waals surface area contributed by atoms with Crippen LogP contribution in [0, 0.1) is 0 Å². The van der Waals surface area contributed by atoms with E-state index in [9.17, 15) is 4.79 Å². The minimum absolute atomic E-state index is 0. The van der Waals surface area contributed by atoms with Gasteiger partial charge in [0.25, 0.3) is 0 Å². The number of nitrogens with two attached hydrogens (primary N) is 1. The van der Waals surface area contributed by atoms with Crippen LogP contribution in [0.5, 0.6) is 0 Å². The Hall–Kier alpha value is -2.55. The van der Waals surface area contributed by atoms with E-state index in [1.165, 1.54) is 6.07 Å². The Morgan fingerprint density at radius 3 is 2.17 bits per heavy atom. The summed E-state index contributed by atoms with van der Waals surface area (Å²) in [6.45, 7) is 0. The van der Waals surface area contributed by atoms with Crippen LogP contribution in [0.2, 0.25) is 0 Å². The van der Waals surface area contributed by atoms with Gasteiger partial charge in [0.1, 0.15) is 5.58 Å². The molecule has 23 heavy (non-hydrogen) atoms. The van der Waals surface area contributed by atoms with Crippen molar-refractivity contribution in [3.8, 4) is 11.3 Å². The van der Waals surface area contributed by atoms with Gasteiger partial charge in [0.2, 0.25) is 0 Å². The van der Waals surface area contributed by atoms with E-state index in [0.717, 1.165) is 5.56 Å². The molecule has 122 valence electrons. The normalized spacial score (nSPS) is 9.74. The molecule has 0 spiro atoms. The predicted molar refractivity (Wildman–Crippen MR) is 90.0 cm³/mol. The maximum Gasteiger partial charge on any atom is 0.153 e. The molecule has 0 saturated carbocycles. The molecule has 0 saturated heterocycles. The maximum absolute atomic E-state index is 11.9. The summed E-state index contributed by atoms with van der Waals surface area (Å²) in [5.74, 6) is 0.568. The zero-order valence-corrected chi connectivity index (χ0v) is 13.4. The van der Waals surface area contributed by atoms with Crippen molar-refractivity contribution in [2.75, 3.05) is 5.73 Å². The largest absolute Gasteiger partial charge is 0.748 e. The molecule has 1 aromatic heterocycles. The van der Waals surface area contributed by atoms with Crippen LogP contribution < -0.4 is 11.2 Å². The molecule has 0 fully saturated rings. The van der Waals surface area contributed by atoms with E-state index in [1.54, 1.807) is 18.2 Å². The summed E-state index contributed by atoms with van der Waals surface area (Å²) in [4.78, 5) is 11.9. The quantitative estimate of drug-likeness (QED) is 0.320. The molecule has 0 aliphatic carbocycles. The second kappa shape index (κ2) is 7.63. The number of fused-ring (bicyclic) bond motifs is 1. The van der Waals surface area contributed by atoms with E-state index in [-0.39, 0.29) is 22.5 Å². The zero-order chi connectivity index (χ0) is 15.4. The van der Waals surface area contributed by atoms with Crippen LogP contribution in [0.15, 0.2) is 88.1 Å². The van der Waals surface area contributed by atoms with Crippen molar-refractivity contribution in [3.05, 3.63) is 89.1 Å². The topological polar surface area (TPSA) is 56.2 Å². The van der Waals surface area contributed by atoms with Crippen molar-refractivity contribution >= 4 is 16.7 Å². The fourth-order valence-electron chi connectivity index (χ4n) is 2.17. The first-order valence-corrected chi connectivity index (χ1v) is 6.96. The zero-order valence-electron chi connectivity index (χ0n) is 12.3. The first-order valence-electron chi connectivity index (χ1n) is 6.96. The molecule has 4 rings (SSSR count). The summed E-state index contributed by atoms with van der Waals surface area (Å²) in [5.41, 5.74) is 7.63. The number of benzene rings is 1. The Kier molecular flexibility index (Phi) is 5.58. The average molecular weight is 345 g/mol. The fraction of sp³-hybridized carbons (Fsp3) is 0. The van der Waals surface area contributed by atoms with E-state index < -0.39 is 0 Å². The molecule has 0 radical (unpaired) electrons. The smallest absolute Gasteiger partial charge is 0.153 e. The van der Waals surface area contributed by atoms with Crippen LogP contribution >= 0.6 is 0 Å². The van der Waals surface area contributed by atoms with Crippen molar-refractivity contribution in [2.45, 2.75) is 0 Å². The van der Waals surface area contributed by atoms with Gasteiger partial charge in [-0.3, -0.25) is 0 Å². The second-order valence-corrected chi connectivity index (χ2v) is 4.87. The van der Waals surface area contributed by atoms with E-state index in [0.29, 0.717) is 22.4 Å². The van der Waals surface area contributed by atoms with Gasteiger partial charge >= 0.3 is 0 Å². The van der Waals surface area contributed by atoms with Crippen molar-refractivity contribution in [3.63, 3.8) is 0 Å². The fourth-order valence-corrected chi connectivity index (χ4v) is 2.17. The minimum Gasteiger partial charge on any atom is -0.748 e. The summed E-state index contributed by atoms with van der Waals surface area (Å²) in [6, 6.07) is 24.2. The van der Waals surface area contributed by atoms with Crippen LogP contribution in [-0.4, -0.2) is 0 Å². The summed E-state index contributed by atoms with van der Waals surface area (Å²) in [5, 5.41) is 0.550. The molecule has 2 N–H and O–H groups in total. The molecular formula is C19H15FeNO2-6. The third-order valence-electron chi connectivity index (χ3n) is 3.26. The van der Waals surface area contributed by atoms with Crippen molar-refractivity contribution < 1.29 is 21.5 Å². The molecule has 4 heteroatoms. The molecule has 0 aliphatic heterocycles. The Morgan fingerprint density at radius 1 is 0.957 bits per heavy atom. The van der Waals surface area contributed by atoms with E-state index in [1.807, 2.05) is 54.6 Å². The third-order valence-corrected chi connectivity index (χ3v) is 3.26. The third kappa shape index (κ3) is 4.01. The molecule has 0 amide bonds. The molecule has 0 unspecified atom stereocenters. The van der Waals surface area contributed by atoms with Gasteiger partial charge in [0, 0.05) is 28.8 Å². The van der Waals surface area contributed by atoms with Gasteiger partial charge in [0.15, 0.2) is 5.43 Å². The Labute approximate surface area is 144 Å². The van der Waals surface area contributed by atoms with Gasteiger partial charge < -0.3 is 45.3 Å². The van der Waals surface area contributed by atoms with Gasteiger partial charge in [-0.25, -0.2) is 0 Å². The van der Waals surface area contributed by atoms with Crippen LogP contribution in [0.25, 0.3) is 22.3 Å². The van der Waals surface area contributed by atoms with Crippen LogP contribution in [0.1, 0.15) is 0 Å². The molecular weight excluding hydrogens is 330 g/mol. The Bertz CT molecular complexity index is 889. The van der Waals surface area contributed by atoms with Gasteiger partial charge in [-0.2, -0.15) is 12.1 Å². The monoisotopic (exact) mass is 345 g/mol. The average Bonchev–Trinajstić information content (AvgIpc) is 3.23. The molecule has 0 bridgehead atoms. The molecule has 3 nitrogen and oxygen atoms in total. The molecule has 4 aromatic rings.